The Balaban J connectivity index is 0. The maximum atomic E-state index is 3.76. The summed E-state index contributed by atoms with van der Waals surface area (Å²) in [5.41, 5.74) is 0. The third-order valence-electron chi connectivity index (χ3n) is 0.681. The van der Waals surface area contributed by atoms with E-state index in [1.54, 1.807) is 6.20 Å². The number of hydrogen-bond acceptors (Lipinski definition) is 2. The minimum atomic E-state index is 1.46. The second-order valence-corrected chi connectivity index (χ2v) is 2.05. The second kappa shape index (κ2) is 16.1. The van der Waals surface area contributed by atoms with Crippen LogP contribution in [0.15, 0.2) is 43.0 Å². The van der Waals surface area contributed by atoms with Crippen molar-refractivity contribution in [3.8, 4) is 0 Å². The average Bonchev–Trinajstić information content (AvgIpc) is 2.65. The molecular formula is C9H15NS. The minimum absolute atomic E-state index is 1.46. The van der Waals surface area contributed by atoms with E-state index in [1.165, 1.54) is 11.5 Å². The fraction of sp³-hybridized carbons (Fsp3) is 0.222. The molecule has 0 bridgehead atoms. The smallest absolute Gasteiger partial charge is 0.0406 e. The summed E-state index contributed by atoms with van der Waals surface area (Å²) in [6.07, 6.45) is 5.77. The zero-order chi connectivity index (χ0) is 8.95. The largest absolute Gasteiger partial charge is 0.201 e. The van der Waals surface area contributed by atoms with Gasteiger partial charge < -0.3 is 0 Å². The van der Waals surface area contributed by atoms with Gasteiger partial charge in [-0.1, -0.05) is 12.2 Å². The van der Waals surface area contributed by atoms with Crippen molar-refractivity contribution in [2.24, 2.45) is 0 Å². The van der Waals surface area contributed by atoms with Crippen molar-refractivity contribution >= 4 is 11.5 Å². The molecule has 0 saturated heterocycles. The molecule has 0 saturated carbocycles. The van der Waals surface area contributed by atoms with Crippen molar-refractivity contribution in [1.29, 1.82) is 0 Å². The minimum Gasteiger partial charge on any atom is -0.201 e. The topological polar surface area (TPSA) is 12.9 Å². The summed E-state index contributed by atoms with van der Waals surface area (Å²) >= 11 is 1.46. The highest BCUT2D eigenvalue weighted by Crippen LogP contribution is 1.83. The Labute approximate surface area is 73.3 Å². The molecule has 0 unspecified atom stereocenters. The number of rotatable bonds is 0. The summed E-state index contributed by atoms with van der Waals surface area (Å²) in [4.78, 5) is 0. The maximum Gasteiger partial charge on any atom is 0.0406 e. The lowest BCUT2D eigenvalue weighted by Gasteiger charge is -1.49. The Morgan fingerprint density at radius 1 is 1.27 bits per heavy atom. The van der Waals surface area contributed by atoms with Gasteiger partial charge in [0.15, 0.2) is 0 Å². The quantitative estimate of drug-likeness (QED) is 0.541. The first-order valence-electron chi connectivity index (χ1n) is 3.33. The second-order valence-electron chi connectivity index (χ2n) is 1.36. The molecule has 0 atom stereocenters. The van der Waals surface area contributed by atoms with Gasteiger partial charge in [0, 0.05) is 11.6 Å². The van der Waals surface area contributed by atoms with Crippen LogP contribution in [0, 0.1) is 0 Å². The number of allylic oxidation sites excluding steroid dienone is 2. The zero-order valence-electron chi connectivity index (χ0n) is 7.16. The van der Waals surface area contributed by atoms with Gasteiger partial charge in [0.25, 0.3) is 0 Å². The standard InChI is InChI=1S/C4H8.C3H3NS.C2H4/c1-3-4-2;1-2-4-5-3-1;1-2/h3-4H,1-2H3;1-3H;1-2H2/b4-3+;;. The van der Waals surface area contributed by atoms with Crippen molar-refractivity contribution in [2.45, 2.75) is 13.8 Å². The molecule has 0 spiro atoms. The third-order valence-corrected chi connectivity index (χ3v) is 1.20. The molecule has 1 nitrogen and oxygen atoms in total. The van der Waals surface area contributed by atoms with Crippen LogP contribution in [0.4, 0.5) is 0 Å². The van der Waals surface area contributed by atoms with Crippen LogP contribution < -0.4 is 0 Å². The van der Waals surface area contributed by atoms with Crippen molar-refractivity contribution in [1.82, 2.24) is 4.37 Å². The molecule has 1 rings (SSSR count). The highest BCUT2D eigenvalue weighted by atomic mass is 32.1. The summed E-state index contributed by atoms with van der Waals surface area (Å²) in [7, 11) is 0. The predicted octanol–water partition coefficient (Wildman–Crippen LogP) is 3.53. The van der Waals surface area contributed by atoms with Gasteiger partial charge in [0.1, 0.15) is 0 Å². The Morgan fingerprint density at radius 3 is 1.91 bits per heavy atom. The molecule has 11 heavy (non-hydrogen) atoms. The number of aromatic nitrogens is 1. The van der Waals surface area contributed by atoms with E-state index in [2.05, 4.69) is 17.5 Å². The number of nitrogens with zero attached hydrogens (tertiary/aromatic N) is 1. The molecule has 0 aliphatic rings. The van der Waals surface area contributed by atoms with Crippen LogP contribution in [-0.4, -0.2) is 4.37 Å². The van der Waals surface area contributed by atoms with Gasteiger partial charge in [-0.05, 0) is 31.4 Å². The van der Waals surface area contributed by atoms with E-state index in [0.29, 0.717) is 0 Å². The summed E-state index contributed by atoms with van der Waals surface area (Å²) < 4.78 is 3.76. The molecule has 0 aliphatic heterocycles. The Morgan fingerprint density at radius 2 is 1.82 bits per heavy atom. The van der Waals surface area contributed by atoms with E-state index in [1.807, 2.05) is 37.4 Å². The van der Waals surface area contributed by atoms with Crippen LogP contribution in [0.5, 0.6) is 0 Å². The first-order chi connectivity index (χ1) is 5.41. The van der Waals surface area contributed by atoms with Gasteiger partial charge in [-0.25, -0.2) is 4.37 Å². The molecule has 2 heteroatoms. The van der Waals surface area contributed by atoms with E-state index < -0.39 is 0 Å². The SMILES string of the molecule is C/C=C/C.C=C.c1cnsc1. The van der Waals surface area contributed by atoms with Crippen LogP contribution in [0.2, 0.25) is 0 Å². The molecule has 0 N–H and O–H groups in total. The zero-order valence-corrected chi connectivity index (χ0v) is 7.97. The molecule has 1 heterocycles. The van der Waals surface area contributed by atoms with Crippen molar-refractivity contribution in [2.75, 3.05) is 0 Å². The van der Waals surface area contributed by atoms with Crippen LogP contribution in [0.1, 0.15) is 13.8 Å². The van der Waals surface area contributed by atoms with E-state index in [0.717, 1.165) is 0 Å². The Bertz CT molecular complexity index is 123. The van der Waals surface area contributed by atoms with E-state index in [9.17, 15) is 0 Å². The van der Waals surface area contributed by atoms with Crippen LogP contribution >= 0.6 is 11.5 Å². The lowest BCUT2D eigenvalue weighted by molar-refractivity contribution is 1.58. The first kappa shape index (κ1) is 12.8. The Hall–Kier alpha value is -0.890. The van der Waals surface area contributed by atoms with E-state index in [4.69, 9.17) is 0 Å². The van der Waals surface area contributed by atoms with Gasteiger partial charge in [0.05, 0.1) is 0 Å². The summed E-state index contributed by atoms with van der Waals surface area (Å²) in [6.45, 7) is 10.0. The summed E-state index contributed by atoms with van der Waals surface area (Å²) in [5, 5.41) is 1.93. The summed E-state index contributed by atoms with van der Waals surface area (Å²) in [5.74, 6) is 0. The molecule has 0 radical (unpaired) electrons. The lowest BCUT2D eigenvalue weighted by Crippen LogP contribution is -1.32. The monoisotopic (exact) mass is 169 g/mol. The lowest BCUT2D eigenvalue weighted by atomic mass is 10.6. The van der Waals surface area contributed by atoms with Crippen molar-refractivity contribution in [3.05, 3.63) is 43.0 Å². The Kier molecular flexibility index (Phi) is 18.6. The molecule has 62 valence electrons. The molecule has 0 amide bonds. The van der Waals surface area contributed by atoms with Crippen molar-refractivity contribution in [3.63, 3.8) is 0 Å². The van der Waals surface area contributed by atoms with E-state index >= 15 is 0 Å². The summed E-state index contributed by atoms with van der Waals surface area (Å²) in [6, 6.07) is 1.91. The van der Waals surface area contributed by atoms with Gasteiger partial charge >= 0.3 is 0 Å². The molecule has 0 aromatic carbocycles. The van der Waals surface area contributed by atoms with Crippen LogP contribution in [0.25, 0.3) is 0 Å². The highest BCUT2D eigenvalue weighted by Gasteiger charge is 1.59. The molecule has 0 fully saturated rings. The highest BCUT2D eigenvalue weighted by molar-refractivity contribution is 7.03. The molecule has 1 aromatic heterocycles. The number of hydrogen-bond donors (Lipinski definition) is 0. The third kappa shape index (κ3) is 17.6. The van der Waals surface area contributed by atoms with E-state index in [-0.39, 0.29) is 0 Å². The molecule has 0 aliphatic carbocycles. The van der Waals surface area contributed by atoms with Gasteiger partial charge in [-0.2, -0.15) is 0 Å². The molecule has 1 aromatic rings. The molecular weight excluding hydrogens is 154 g/mol. The van der Waals surface area contributed by atoms with Gasteiger partial charge in [-0.15, -0.1) is 13.2 Å². The predicted molar refractivity (Wildman–Crippen MR) is 53.9 cm³/mol. The van der Waals surface area contributed by atoms with Crippen LogP contribution in [0.3, 0.4) is 0 Å². The van der Waals surface area contributed by atoms with Crippen LogP contribution in [-0.2, 0) is 0 Å². The maximum absolute atomic E-state index is 3.76. The van der Waals surface area contributed by atoms with Gasteiger partial charge in [0.2, 0.25) is 0 Å². The fourth-order valence-electron chi connectivity index (χ4n) is 0.176. The van der Waals surface area contributed by atoms with Crippen molar-refractivity contribution < 1.29 is 0 Å². The normalized spacial score (nSPS) is 7.45. The fourth-order valence-corrected chi connectivity index (χ4v) is 0.527. The average molecular weight is 169 g/mol. The van der Waals surface area contributed by atoms with Gasteiger partial charge in [-0.3, -0.25) is 0 Å². The first-order valence-corrected chi connectivity index (χ1v) is 4.17.